The van der Waals surface area contributed by atoms with Gasteiger partial charge in [-0.25, -0.2) is 9.37 Å². The van der Waals surface area contributed by atoms with Gasteiger partial charge in [0.15, 0.2) is 11.6 Å². The highest BCUT2D eigenvalue weighted by atomic mass is 19.1. The van der Waals surface area contributed by atoms with E-state index in [-0.39, 0.29) is 6.04 Å². The topological polar surface area (TPSA) is 49.8 Å². The Morgan fingerprint density at radius 2 is 2.06 bits per heavy atom. The lowest BCUT2D eigenvalue weighted by Gasteiger charge is -2.19. The molecule has 0 bridgehead atoms. The average Bonchev–Trinajstić information content (AvgIpc) is 2.38. The maximum atomic E-state index is 13.6. The molecule has 1 unspecified atom stereocenters. The number of unbranched alkanes of at least 4 members (excludes halogenated alkanes) is 1. The number of rotatable bonds is 8. The van der Waals surface area contributed by atoms with Crippen LogP contribution in [0.25, 0.3) is 0 Å². The van der Waals surface area contributed by atoms with E-state index in [1.165, 1.54) is 6.20 Å². The Balaban J connectivity index is 2.72. The first kappa shape index (κ1) is 14.7. The van der Waals surface area contributed by atoms with Crippen molar-refractivity contribution < 1.29 is 4.39 Å². The van der Waals surface area contributed by atoms with E-state index in [0.717, 1.165) is 32.1 Å². The Bertz CT molecular complexity index is 357. The third kappa shape index (κ3) is 4.47. The smallest absolute Gasteiger partial charge is 0.224 e. The van der Waals surface area contributed by atoms with Crippen LogP contribution in [0.4, 0.5) is 16.2 Å². The van der Waals surface area contributed by atoms with Gasteiger partial charge in [0, 0.05) is 13.1 Å². The Kier molecular flexibility index (Phi) is 6.39. The van der Waals surface area contributed by atoms with E-state index < -0.39 is 5.82 Å². The minimum atomic E-state index is -0.397. The second kappa shape index (κ2) is 7.84. The molecule has 0 saturated carbocycles. The second-order valence-electron chi connectivity index (χ2n) is 4.41. The fourth-order valence-corrected chi connectivity index (χ4v) is 1.87. The van der Waals surface area contributed by atoms with Crippen molar-refractivity contribution in [2.24, 2.45) is 0 Å². The summed E-state index contributed by atoms with van der Waals surface area (Å²) in [4.78, 5) is 7.95. The summed E-state index contributed by atoms with van der Waals surface area (Å²) in [6.07, 6.45) is 6.64. The molecule has 0 spiro atoms. The van der Waals surface area contributed by atoms with Crippen LogP contribution in [0.2, 0.25) is 0 Å². The summed E-state index contributed by atoms with van der Waals surface area (Å²) < 4.78 is 13.6. The predicted molar refractivity (Wildman–Crippen MR) is 73.4 cm³/mol. The van der Waals surface area contributed by atoms with Gasteiger partial charge in [-0.2, -0.15) is 4.98 Å². The van der Waals surface area contributed by atoms with Crippen LogP contribution >= 0.6 is 0 Å². The summed E-state index contributed by atoms with van der Waals surface area (Å²) in [5.74, 6) is 0.333. The van der Waals surface area contributed by atoms with Gasteiger partial charge >= 0.3 is 0 Å². The van der Waals surface area contributed by atoms with Crippen molar-refractivity contribution in [2.45, 2.75) is 52.0 Å². The first-order valence-electron chi connectivity index (χ1n) is 6.68. The molecule has 0 aliphatic heterocycles. The number of nitrogens with one attached hydrogen (secondary N) is 2. The monoisotopic (exact) mass is 254 g/mol. The highest BCUT2D eigenvalue weighted by molar-refractivity contribution is 5.41. The van der Waals surface area contributed by atoms with E-state index in [9.17, 15) is 4.39 Å². The lowest BCUT2D eigenvalue weighted by atomic mass is 10.1. The van der Waals surface area contributed by atoms with E-state index >= 15 is 0 Å². The van der Waals surface area contributed by atoms with E-state index in [1.54, 1.807) is 7.05 Å². The molecule has 0 saturated heterocycles. The molecule has 2 N–H and O–H groups in total. The first-order chi connectivity index (χ1) is 8.71. The van der Waals surface area contributed by atoms with Crippen LogP contribution in [0.15, 0.2) is 6.20 Å². The molecular formula is C13H23FN4. The standard InChI is InChI=1S/C13H23FN4/c1-4-6-8-10(7-5-2)17-12-11(14)9-16-13(15-3)18-12/h9-10H,4-8H2,1-3H3,(H2,15,16,17,18). The van der Waals surface area contributed by atoms with Crippen molar-refractivity contribution in [2.75, 3.05) is 17.7 Å². The molecule has 1 atom stereocenters. The minimum absolute atomic E-state index is 0.282. The van der Waals surface area contributed by atoms with Gasteiger partial charge in [-0.3, -0.25) is 0 Å². The van der Waals surface area contributed by atoms with Crippen molar-refractivity contribution in [1.82, 2.24) is 9.97 Å². The summed E-state index contributed by atoms with van der Waals surface area (Å²) in [6.45, 7) is 4.30. The normalized spacial score (nSPS) is 12.2. The summed E-state index contributed by atoms with van der Waals surface area (Å²) in [5, 5.41) is 6.01. The van der Waals surface area contributed by atoms with Crippen LogP contribution in [-0.2, 0) is 0 Å². The van der Waals surface area contributed by atoms with Gasteiger partial charge in [0.05, 0.1) is 6.20 Å². The summed E-state index contributed by atoms with van der Waals surface area (Å²) in [6, 6.07) is 0.282. The van der Waals surface area contributed by atoms with Crippen LogP contribution in [0.5, 0.6) is 0 Å². The second-order valence-corrected chi connectivity index (χ2v) is 4.41. The van der Waals surface area contributed by atoms with Gasteiger partial charge in [-0.1, -0.05) is 33.1 Å². The molecule has 1 aromatic heterocycles. The Labute approximate surface area is 108 Å². The molecule has 0 fully saturated rings. The van der Waals surface area contributed by atoms with Crippen LogP contribution in [-0.4, -0.2) is 23.1 Å². The van der Waals surface area contributed by atoms with E-state index in [2.05, 4.69) is 34.4 Å². The molecule has 0 aromatic carbocycles. The largest absolute Gasteiger partial charge is 0.365 e. The highest BCUT2D eigenvalue weighted by Crippen LogP contribution is 2.17. The van der Waals surface area contributed by atoms with Crippen molar-refractivity contribution >= 4 is 11.8 Å². The minimum Gasteiger partial charge on any atom is -0.365 e. The number of aromatic nitrogens is 2. The van der Waals surface area contributed by atoms with Gasteiger partial charge < -0.3 is 10.6 Å². The van der Waals surface area contributed by atoms with Crippen molar-refractivity contribution in [3.8, 4) is 0 Å². The van der Waals surface area contributed by atoms with E-state index in [0.29, 0.717) is 11.8 Å². The number of hydrogen-bond acceptors (Lipinski definition) is 4. The third-order valence-electron chi connectivity index (χ3n) is 2.85. The molecule has 18 heavy (non-hydrogen) atoms. The van der Waals surface area contributed by atoms with E-state index in [1.807, 2.05) is 0 Å². The zero-order valence-electron chi connectivity index (χ0n) is 11.5. The van der Waals surface area contributed by atoms with Crippen molar-refractivity contribution in [3.05, 3.63) is 12.0 Å². The van der Waals surface area contributed by atoms with E-state index in [4.69, 9.17) is 0 Å². The van der Waals surface area contributed by atoms with Crippen molar-refractivity contribution in [3.63, 3.8) is 0 Å². The fourth-order valence-electron chi connectivity index (χ4n) is 1.87. The summed E-state index contributed by atoms with van der Waals surface area (Å²) >= 11 is 0. The van der Waals surface area contributed by atoms with Gasteiger partial charge in [0.1, 0.15) is 0 Å². The molecular weight excluding hydrogens is 231 g/mol. The molecule has 1 aromatic rings. The first-order valence-corrected chi connectivity index (χ1v) is 6.68. The number of hydrogen-bond donors (Lipinski definition) is 2. The Morgan fingerprint density at radius 3 is 2.67 bits per heavy atom. The fraction of sp³-hybridized carbons (Fsp3) is 0.692. The SMILES string of the molecule is CCCCC(CCC)Nc1nc(NC)ncc1F. The van der Waals surface area contributed by atoms with Crippen LogP contribution in [0, 0.1) is 5.82 Å². The van der Waals surface area contributed by atoms with Gasteiger partial charge in [-0.05, 0) is 12.8 Å². The maximum Gasteiger partial charge on any atom is 0.224 e. The molecule has 4 nitrogen and oxygen atoms in total. The summed E-state index contributed by atoms with van der Waals surface area (Å²) in [7, 11) is 1.72. The molecule has 0 radical (unpaired) electrons. The molecule has 0 amide bonds. The molecule has 5 heteroatoms. The van der Waals surface area contributed by atoms with Gasteiger partial charge in [0.2, 0.25) is 5.95 Å². The highest BCUT2D eigenvalue weighted by Gasteiger charge is 2.12. The Morgan fingerprint density at radius 1 is 1.28 bits per heavy atom. The average molecular weight is 254 g/mol. The van der Waals surface area contributed by atoms with Crippen molar-refractivity contribution in [1.29, 1.82) is 0 Å². The Hall–Kier alpha value is -1.39. The molecule has 0 aliphatic carbocycles. The zero-order chi connectivity index (χ0) is 13.4. The molecule has 0 aliphatic rings. The molecule has 102 valence electrons. The maximum absolute atomic E-state index is 13.6. The van der Waals surface area contributed by atoms with Crippen LogP contribution < -0.4 is 10.6 Å². The lowest BCUT2D eigenvalue weighted by Crippen LogP contribution is -2.21. The van der Waals surface area contributed by atoms with Crippen LogP contribution in [0.1, 0.15) is 46.0 Å². The lowest BCUT2D eigenvalue weighted by molar-refractivity contribution is 0.552. The quantitative estimate of drug-likeness (QED) is 0.746. The molecule has 1 rings (SSSR count). The third-order valence-corrected chi connectivity index (χ3v) is 2.85. The van der Waals surface area contributed by atoms with Crippen LogP contribution in [0.3, 0.4) is 0 Å². The number of anilines is 2. The van der Waals surface area contributed by atoms with Gasteiger partial charge in [-0.15, -0.1) is 0 Å². The zero-order valence-corrected chi connectivity index (χ0v) is 11.5. The predicted octanol–water partition coefficient (Wildman–Crippen LogP) is 3.43. The molecule has 1 heterocycles. The number of halogens is 1. The van der Waals surface area contributed by atoms with Gasteiger partial charge in [0.25, 0.3) is 0 Å². The number of nitrogens with zero attached hydrogens (tertiary/aromatic N) is 2. The summed E-state index contributed by atoms with van der Waals surface area (Å²) in [5.41, 5.74) is 0.